The van der Waals surface area contributed by atoms with Gasteiger partial charge in [0.1, 0.15) is 0 Å². The Bertz CT molecular complexity index is 579. The Balaban J connectivity index is 3.01. The molecule has 112 valence electrons. The molecule has 1 N–H and O–H groups in total. The van der Waals surface area contributed by atoms with E-state index < -0.39 is 11.9 Å². The van der Waals surface area contributed by atoms with Gasteiger partial charge in [0, 0.05) is 23.8 Å². The summed E-state index contributed by atoms with van der Waals surface area (Å²) in [5.41, 5.74) is 0.453. The summed E-state index contributed by atoms with van der Waals surface area (Å²) < 4.78 is 14.5. The molecular weight excluding hydrogens is 278 g/mol. The van der Waals surface area contributed by atoms with Gasteiger partial charge in [-0.1, -0.05) is 0 Å². The number of carbonyl (C=O) groups is 3. The van der Waals surface area contributed by atoms with Crippen LogP contribution >= 0.6 is 0 Å². The van der Waals surface area contributed by atoms with Crippen molar-refractivity contribution in [3.8, 4) is 11.5 Å². The smallest absolute Gasteiger partial charge is 0.330 e. The van der Waals surface area contributed by atoms with E-state index in [1.165, 1.54) is 33.5 Å². The molecule has 21 heavy (non-hydrogen) atoms. The molecule has 1 aromatic carbocycles. The SMILES string of the molecule is COC(=O)/C=C\C(=O)Nc1cc(OC)c(OC)cc1C=O. The normalized spacial score (nSPS) is 10.0. The predicted molar refractivity (Wildman–Crippen MR) is 74.7 cm³/mol. The van der Waals surface area contributed by atoms with Crippen LogP contribution in [0.4, 0.5) is 5.69 Å². The topological polar surface area (TPSA) is 90.9 Å². The van der Waals surface area contributed by atoms with Gasteiger partial charge in [0.25, 0.3) is 0 Å². The molecule has 1 amide bonds. The molecule has 0 saturated heterocycles. The minimum Gasteiger partial charge on any atom is -0.493 e. The fourth-order valence-electron chi connectivity index (χ4n) is 1.49. The molecule has 0 heterocycles. The van der Waals surface area contributed by atoms with Crippen molar-refractivity contribution in [1.82, 2.24) is 0 Å². The molecule has 1 rings (SSSR count). The monoisotopic (exact) mass is 293 g/mol. The lowest BCUT2D eigenvalue weighted by molar-refractivity contribution is -0.135. The highest BCUT2D eigenvalue weighted by molar-refractivity contribution is 6.05. The molecule has 0 aliphatic heterocycles. The Morgan fingerprint density at radius 2 is 1.67 bits per heavy atom. The lowest BCUT2D eigenvalue weighted by atomic mass is 10.1. The number of esters is 1. The Morgan fingerprint density at radius 1 is 1.05 bits per heavy atom. The van der Waals surface area contributed by atoms with E-state index in [1.807, 2.05) is 0 Å². The number of nitrogens with one attached hydrogen (secondary N) is 1. The molecule has 7 nitrogen and oxygen atoms in total. The maximum Gasteiger partial charge on any atom is 0.330 e. The number of methoxy groups -OCH3 is 3. The first-order valence-corrected chi connectivity index (χ1v) is 5.84. The number of ether oxygens (including phenoxy) is 3. The van der Waals surface area contributed by atoms with Gasteiger partial charge in [0.15, 0.2) is 17.8 Å². The van der Waals surface area contributed by atoms with Crippen LogP contribution in [0.3, 0.4) is 0 Å². The molecule has 0 fully saturated rings. The average Bonchev–Trinajstić information content (AvgIpc) is 2.51. The predicted octanol–water partition coefficient (Wildman–Crippen LogP) is 1.18. The fourth-order valence-corrected chi connectivity index (χ4v) is 1.49. The van der Waals surface area contributed by atoms with E-state index in [0.717, 1.165) is 12.2 Å². The highest BCUT2D eigenvalue weighted by atomic mass is 16.5. The lowest BCUT2D eigenvalue weighted by Gasteiger charge is -2.12. The van der Waals surface area contributed by atoms with Gasteiger partial charge < -0.3 is 19.5 Å². The first kappa shape index (κ1) is 16.2. The molecule has 7 heteroatoms. The number of carbonyl (C=O) groups excluding carboxylic acids is 3. The van der Waals surface area contributed by atoms with Crippen LogP contribution in [0.15, 0.2) is 24.3 Å². The van der Waals surface area contributed by atoms with Crippen molar-refractivity contribution in [2.45, 2.75) is 0 Å². The van der Waals surface area contributed by atoms with Gasteiger partial charge in [0.2, 0.25) is 5.91 Å². The van der Waals surface area contributed by atoms with Crippen LogP contribution in [-0.2, 0) is 14.3 Å². The highest BCUT2D eigenvalue weighted by Crippen LogP contribution is 2.32. The maximum absolute atomic E-state index is 11.7. The van der Waals surface area contributed by atoms with Gasteiger partial charge in [-0.2, -0.15) is 0 Å². The summed E-state index contributed by atoms with van der Waals surface area (Å²) in [5, 5.41) is 2.47. The third-order valence-electron chi connectivity index (χ3n) is 2.51. The quantitative estimate of drug-likeness (QED) is 0.481. The summed E-state index contributed by atoms with van der Waals surface area (Å²) in [6, 6.07) is 2.89. The van der Waals surface area contributed by atoms with E-state index in [-0.39, 0.29) is 11.3 Å². The van der Waals surface area contributed by atoms with Crippen LogP contribution in [0.1, 0.15) is 10.4 Å². The summed E-state index contributed by atoms with van der Waals surface area (Å²) in [6.07, 6.45) is 2.54. The van der Waals surface area contributed by atoms with Crippen molar-refractivity contribution in [3.05, 3.63) is 29.8 Å². The number of hydrogen-bond acceptors (Lipinski definition) is 6. The molecular formula is C14H15NO6. The molecule has 0 aliphatic rings. The van der Waals surface area contributed by atoms with Crippen molar-refractivity contribution < 1.29 is 28.6 Å². The van der Waals surface area contributed by atoms with Gasteiger partial charge in [-0.15, -0.1) is 0 Å². The molecule has 0 aliphatic carbocycles. The van der Waals surface area contributed by atoms with Crippen molar-refractivity contribution in [2.75, 3.05) is 26.6 Å². The van der Waals surface area contributed by atoms with Crippen LogP contribution < -0.4 is 14.8 Å². The summed E-state index contributed by atoms with van der Waals surface area (Å²) >= 11 is 0. The van der Waals surface area contributed by atoms with Crippen LogP contribution in [0, 0.1) is 0 Å². The summed E-state index contributed by atoms with van der Waals surface area (Å²) in [5.74, 6) is -0.526. The van der Waals surface area contributed by atoms with Crippen molar-refractivity contribution in [3.63, 3.8) is 0 Å². The number of anilines is 1. The number of hydrogen-bond donors (Lipinski definition) is 1. The number of aldehydes is 1. The standard InChI is InChI=1S/C14H15NO6/c1-19-11-6-9(8-16)10(7-12(11)20-2)15-13(17)4-5-14(18)21-3/h4-8H,1-3H3,(H,15,17)/b5-4-. The first-order chi connectivity index (χ1) is 10.0. The molecule has 0 aromatic heterocycles. The highest BCUT2D eigenvalue weighted by Gasteiger charge is 2.12. The average molecular weight is 293 g/mol. The van der Waals surface area contributed by atoms with Crippen molar-refractivity contribution in [1.29, 1.82) is 0 Å². The van der Waals surface area contributed by atoms with Crippen LogP contribution in [-0.4, -0.2) is 39.5 Å². The molecule has 0 atom stereocenters. The van der Waals surface area contributed by atoms with Gasteiger partial charge in [0.05, 0.1) is 27.0 Å². The van der Waals surface area contributed by atoms with E-state index >= 15 is 0 Å². The lowest BCUT2D eigenvalue weighted by Crippen LogP contribution is -2.11. The van der Waals surface area contributed by atoms with E-state index in [2.05, 4.69) is 10.1 Å². The number of rotatable bonds is 6. The van der Waals surface area contributed by atoms with Gasteiger partial charge in [-0.25, -0.2) is 4.79 Å². The maximum atomic E-state index is 11.7. The van der Waals surface area contributed by atoms with Crippen molar-refractivity contribution in [2.24, 2.45) is 0 Å². The van der Waals surface area contributed by atoms with Gasteiger partial charge in [-0.05, 0) is 6.07 Å². The van der Waals surface area contributed by atoms with Crippen LogP contribution in [0.5, 0.6) is 11.5 Å². The van der Waals surface area contributed by atoms with Crippen LogP contribution in [0.2, 0.25) is 0 Å². The molecule has 0 saturated carbocycles. The third kappa shape index (κ3) is 4.34. The molecule has 0 spiro atoms. The first-order valence-electron chi connectivity index (χ1n) is 5.84. The Labute approximate surface area is 121 Å². The summed E-state index contributed by atoms with van der Waals surface area (Å²) in [7, 11) is 4.06. The zero-order chi connectivity index (χ0) is 15.8. The second-order valence-electron chi connectivity index (χ2n) is 3.76. The largest absolute Gasteiger partial charge is 0.493 e. The number of amides is 1. The van der Waals surface area contributed by atoms with Gasteiger partial charge >= 0.3 is 5.97 Å². The fraction of sp³-hybridized carbons (Fsp3) is 0.214. The molecule has 0 radical (unpaired) electrons. The zero-order valence-electron chi connectivity index (χ0n) is 11.8. The van der Waals surface area contributed by atoms with Gasteiger partial charge in [-0.3, -0.25) is 9.59 Å². The van der Waals surface area contributed by atoms with E-state index in [0.29, 0.717) is 17.8 Å². The molecule has 1 aromatic rings. The van der Waals surface area contributed by atoms with E-state index in [9.17, 15) is 14.4 Å². The second kappa shape index (κ2) is 7.68. The molecule has 0 unspecified atom stereocenters. The summed E-state index contributed by atoms with van der Waals surface area (Å²) in [4.78, 5) is 33.6. The van der Waals surface area contributed by atoms with E-state index in [1.54, 1.807) is 0 Å². The minimum absolute atomic E-state index is 0.215. The second-order valence-corrected chi connectivity index (χ2v) is 3.76. The third-order valence-corrected chi connectivity index (χ3v) is 2.51. The Kier molecular flexibility index (Phi) is 5.94. The van der Waals surface area contributed by atoms with E-state index in [4.69, 9.17) is 9.47 Å². The molecule has 0 bridgehead atoms. The summed E-state index contributed by atoms with van der Waals surface area (Å²) in [6.45, 7) is 0. The number of benzene rings is 1. The minimum atomic E-state index is -0.659. The Morgan fingerprint density at radius 3 is 2.19 bits per heavy atom. The van der Waals surface area contributed by atoms with Crippen molar-refractivity contribution >= 4 is 23.9 Å². The Hall–Kier alpha value is -2.83. The zero-order valence-corrected chi connectivity index (χ0v) is 11.8. The van der Waals surface area contributed by atoms with Crippen LogP contribution in [0.25, 0.3) is 0 Å².